The molecule has 3 aromatic rings. The minimum absolute atomic E-state index is 0.0643. The smallest absolute Gasteiger partial charge is 0.264 e. The first kappa shape index (κ1) is 28.7. The highest BCUT2D eigenvalue weighted by molar-refractivity contribution is 7.92. The van der Waals surface area contributed by atoms with Crippen LogP contribution in [0.25, 0.3) is 0 Å². The first-order valence-corrected chi connectivity index (χ1v) is 14.8. The average molecular weight is 557 g/mol. The van der Waals surface area contributed by atoms with Crippen LogP contribution < -0.4 is 23.8 Å². The lowest BCUT2D eigenvalue weighted by atomic mass is 10.0. The molecule has 0 atom stereocenters. The van der Waals surface area contributed by atoms with Crippen LogP contribution in [0.1, 0.15) is 49.3 Å². The topological polar surface area (TPSA) is 77.1 Å². The zero-order valence-corrected chi connectivity index (χ0v) is 23.7. The molecule has 7 nitrogen and oxygen atoms in total. The molecule has 0 saturated carbocycles. The zero-order chi connectivity index (χ0) is 27.8. The van der Waals surface area contributed by atoms with Crippen molar-refractivity contribution in [3.63, 3.8) is 0 Å². The SMILES string of the molecule is CCCCCCOc1ccc(N(Cc2ccc(OC)cc2OC)S(=O)(=O)c2ccc3c(c2)CCNC3)c(F)c1. The van der Waals surface area contributed by atoms with Crippen molar-refractivity contribution < 1.29 is 27.0 Å². The molecule has 0 aromatic heterocycles. The molecule has 0 radical (unpaired) electrons. The van der Waals surface area contributed by atoms with Crippen LogP contribution in [0.3, 0.4) is 0 Å². The monoisotopic (exact) mass is 556 g/mol. The first-order chi connectivity index (χ1) is 18.9. The molecule has 0 saturated heterocycles. The Morgan fingerprint density at radius 3 is 2.49 bits per heavy atom. The summed E-state index contributed by atoms with van der Waals surface area (Å²) in [4.78, 5) is 0.117. The normalized spacial score (nSPS) is 13.0. The van der Waals surface area contributed by atoms with Crippen molar-refractivity contribution in [2.24, 2.45) is 0 Å². The summed E-state index contributed by atoms with van der Waals surface area (Å²) in [5.74, 6) is 0.700. The maximum Gasteiger partial charge on any atom is 0.264 e. The van der Waals surface area contributed by atoms with Gasteiger partial charge in [-0.2, -0.15) is 0 Å². The van der Waals surface area contributed by atoms with E-state index in [9.17, 15) is 8.42 Å². The van der Waals surface area contributed by atoms with Crippen LogP contribution in [-0.2, 0) is 29.5 Å². The van der Waals surface area contributed by atoms with Gasteiger partial charge in [0.2, 0.25) is 0 Å². The molecule has 1 aliphatic rings. The summed E-state index contributed by atoms with van der Waals surface area (Å²) in [7, 11) is -1.10. The number of rotatable bonds is 13. The van der Waals surface area contributed by atoms with Gasteiger partial charge in [0.05, 0.1) is 38.0 Å². The van der Waals surface area contributed by atoms with Gasteiger partial charge in [0.15, 0.2) is 5.82 Å². The lowest BCUT2D eigenvalue weighted by molar-refractivity contribution is 0.303. The van der Waals surface area contributed by atoms with Gasteiger partial charge in [0.25, 0.3) is 10.0 Å². The fourth-order valence-corrected chi connectivity index (χ4v) is 6.18. The quantitative estimate of drug-likeness (QED) is 0.267. The maximum absolute atomic E-state index is 15.6. The zero-order valence-electron chi connectivity index (χ0n) is 22.8. The summed E-state index contributed by atoms with van der Waals surface area (Å²) in [5.41, 5.74) is 2.55. The Balaban J connectivity index is 1.71. The van der Waals surface area contributed by atoms with E-state index in [1.54, 1.807) is 43.5 Å². The number of hydrogen-bond donors (Lipinski definition) is 1. The first-order valence-electron chi connectivity index (χ1n) is 13.4. The number of nitrogens with zero attached hydrogens (tertiary/aromatic N) is 1. The number of nitrogens with one attached hydrogen (secondary N) is 1. The predicted molar refractivity (Wildman–Crippen MR) is 151 cm³/mol. The van der Waals surface area contributed by atoms with Crippen LogP contribution in [0.5, 0.6) is 17.2 Å². The molecule has 39 heavy (non-hydrogen) atoms. The molecule has 0 fully saturated rings. The van der Waals surface area contributed by atoms with Gasteiger partial charge in [-0.05, 0) is 66.9 Å². The molecule has 0 spiro atoms. The second-order valence-corrected chi connectivity index (χ2v) is 11.4. The number of halogens is 1. The largest absolute Gasteiger partial charge is 0.497 e. The summed E-state index contributed by atoms with van der Waals surface area (Å²) < 4.78 is 61.4. The highest BCUT2D eigenvalue weighted by atomic mass is 32.2. The molecule has 3 aromatic carbocycles. The second-order valence-electron chi connectivity index (χ2n) is 9.57. The Morgan fingerprint density at radius 1 is 0.923 bits per heavy atom. The van der Waals surface area contributed by atoms with Crippen LogP contribution >= 0.6 is 0 Å². The van der Waals surface area contributed by atoms with Gasteiger partial charge in [-0.15, -0.1) is 0 Å². The van der Waals surface area contributed by atoms with Crippen LogP contribution in [0.15, 0.2) is 59.5 Å². The number of hydrogen-bond acceptors (Lipinski definition) is 6. The van der Waals surface area contributed by atoms with Crippen molar-refractivity contribution >= 4 is 15.7 Å². The Bertz CT molecular complexity index is 1380. The van der Waals surface area contributed by atoms with E-state index in [1.807, 2.05) is 6.07 Å². The fraction of sp³-hybridized carbons (Fsp3) is 0.400. The molecule has 9 heteroatoms. The minimum atomic E-state index is -4.14. The summed E-state index contributed by atoms with van der Waals surface area (Å²) >= 11 is 0. The van der Waals surface area contributed by atoms with E-state index < -0.39 is 15.8 Å². The Labute approximate surface area is 230 Å². The van der Waals surface area contributed by atoms with Gasteiger partial charge in [0, 0.05) is 24.2 Å². The highest BCUT2D eigenvalue weighted by Crippen LogP contribution is 2.34. The van der Waals surface area contributed by atoms with Gasteiger partial charge in [0.1, 0.15) is 17.2 Å². The molecule has 1 N–H and O–H groups in total. The fourth-order valence-electron chi connectivity index (χ4n) is 4.68. The third-order valence-electron chi connectivity index (χ3n) is 6.91. The average Bonchev–Trinajstić information content (AvgIpc) is 2.95. The highest BCUT2D eigenvalue weighted by Gasteiger charge is 2.29. The molecule has 4 rings (SSSR count). The van der Waals surface area contributed by atoms with Crippen molar-refractivity contribution in [1.29, 1.82) is 0 Å². The van der Waals surface area contributed by atoms with E-state index in [2.05, 4.69) is 12.2 Å². The number of unbranched alkanes of at least 4 members (excludes halogenated alkanes) is 3. The van der Waals surface area contributed by atoms with Crippen LogP contribution in [-0.4, -0.2) is 35.8 Å². The summed E-state index contributed by atoms with van der Waals surface area (Å²) in [5, 5.41) is 3.29. The van der Waals surface area contributed by atoms with E-state index >= 15 is 4.39 Å². The third kappa shape index (κ3) is 6.83. The standard InChI is InChI=1S/C30H37FN2O5S/c1-4-5-6-7-16-38-26-11-13-29(28(31)18-26)33(21-24-8-10-25(36-2)19-30(24)37-3)39(34,35)27-12-9-23-20-32-15-14-22(23)17-27/h8-13,17-19,32H,4-7,14-16,20-21H2,1-3H3. The van der Waals surface area contributed by atoms with Crippen LogP contribution in [0.2, 0.25) is 0 Å². The van der Waals surface area contributed by atoms with Gasteiger partial charge >= 0.3 is 0 Å². The van der Waals surface area contributed by atoms with E-state index in [-0.39, 0.29) is 17.1 Å². The van der Waals surface area contributed by atoms with Crippen LogP contribution in [0, 0.1) is 5.82 Å². The number of ether oxygens (including phenoxy) is 3. The Morgan fingerprint density at radius 2 is 1.74 bits per heavy atom. The second kappa shape index (κ2) is 13.2. The Hall–Kier alpha value is -3.30. The van der Waals surface area contributed by atoms with Crippen molar-refractivity contribution in [2.75, 3.05) is 31.7 Å². The molecule has 0 amide bonds. The van der Waals surface area contributed by atoms with Crippen molar-refractivity contribution in [3.8, 4) is 17.2 Å². The van der Waals surface area contributed by atoms with Crippen molar-refractivity contribution in [2.45, 2.75) is 57.0 Å². The molecule has 1 aliphatic heterocycles. The van der Waals surface area contributed by atoms with Crippen LogP contribution in [0.4, 0.5) is 10.1 Å². The molecule has 1 heterocycles. The van der Waals surface area contributed by atoms with E-state index in [0.29, 0.717) is 36.0 Å². The lowest BCUT2D eigenvalue weighted by Crippen LogP contribution is -2.32. The van der Waals surface area contributed by atoms with E-state index in [0.717, 1.165) is 54.1 Å². The number of benzene rings is 3. The summed E-state index contributed by atoms with van der Waals surface area (Å²) in [6.07, 6.45) is 4.89. The molecule has 0 bridgehead atoms. The van der Waals surface area contributed by atoms with E-state index in [4.69, 9.17) is 14.2 Å². The van der Waals surface area contributed by atoms with Gasteiger partial charge in [-0.1, -0.05) is 32.3 Å². The molecule has 210 valence electrons. The van der Waals surface area contributed by atoms with Crippen molar-refractivity contribution in [3.05, 3.63) is 77.1 Å². The number of methoxy groups -OCH3 is 2. The number of sulfonamides is 1. The molecule has 0 aliphatic carbocycles. The minimum Gasteiger partial charge on any atom is -0.497 e. The van der Waals surface area contributed by atoms with Gasteiger partial charge in [-0.25, -0.2) is 12.8 Å². The molecular formula is C30H37FN2O5S. The summed E-state index contributed by atoms with van der Waals surface area (Å²) in [6, 6.07) is 14.6. The number of anilines is 1. The molecular weight excluding hydrogens is 519 g/mol. The van der Waals surface area contributed by atoms with E-state index in [1.165, 1.54) is 19.2 Å². The maximum atomic E-state index is 15.6. The number of fused-ring (bicyclic) bond motifs is 1. The predicted octanol–water partition coefficient (Wildman–Crippen LogP) is 5.84. The van der Waals surface area contributed by atoms with Gasteiger partial charge in [-0.3, -0.25) is 4.31 Å². The third-order valence-corrected chi connectivity index (χ3v) is 8.67. The van der Waals surface area contributed by atoms with Crippen molar-refractivity contribution in [1.82, 2.24) is 5.32 Å². The summed E-state index contributed by atoms with van der Waals surface area (Å²) in [6.45, 7) is 3.95. The molecule has 0 unspecified atom stereocenters. The van der Waals surface area contributed by atoms with Gasteiger partial charge < -0.3 is 19.5 Å². The lowest BCUT2D eigenvalue weighted by Gasteiger charge is -2.27. The Kier molecular flexibility index (Phi) is 9.69.